The number of rotatable bonds is 6. The van der Waals surface area contributed by atoms with Crippen molar-refractivity contribution in [2.75, 3.05) is 0 Å². The highest BCUT2D eigenvalue weighted by Crippen LogP contribution is 2.40. The minimum atomic E-state index is -5.17. The van der Waals surface area contributed by atoms with Gasteiger partial charge in [0.25, 0.3) is 0 Å². The molecule has 2 unspecified atom stereocenters. The number of aliphatic hydroxyl groups is 1. The van der Waals surface area contributed by atoms with E-state index in [-0.39, 0.29) is 0 Å². The van der Waals surface area contributed by atoms with Crippen LogP contribution in [0.2, 0.25) is 0 Å². The first-order chi connectivity index (χ1) is 12.1. The molecule has 2 aromatic rings. The number of primary amides is 1. The normalized spacial score (nSPS) is 15.1. The highest BCUT2D eigenvalue weighted by Gasteiger charge is 2.58. The number of carbonyl (C=O) groups excluding carboxylic acids is 2. The van der Waals surface area contributed by atoms with Gasteiger partial charge in [0.05, 0.1) is 6.42 Å². The predicted molar refractivity (Wildman–Crippen MR) is 84.3 cm³/mol. The molecule has 2 rings (SSSR count). The number of nitrogens with one attached hydrogen (secondary N) is 1. The molecule has 1 heterocycles. The average molecular weight is 370 g/mol. The Morgan fingerprint density at radius 3 is 2.38 bits per heavy atom. The van der Waals surface area contributed by atoms with Crippen LogP contribution in [0.5, 0.6) is 0 Å². The topological polar surface area (TPSA) is 110 Å². The molecule has 0 bridgehead atoms. The third-order valence-corrected chi connectivity index (χ3v) is 3.80. The van der Waals surface area contributed by atoms with E-state index in [9.17, 15) is 27.9 Å². The van der Waals surface area contributed by atoms with E-state index in [1.165, 1.54) is 25.4 Å². The Morgan fingerprint density at radius 2 is 1.92 bits per heavy atom. The van der Waals surface area contributed by atoms with Gasteiger partial charge in [0.2, 0.25) is 17.4 Å². The van der Waals surface area contributed by atoms with Crippen molar-refractivity contribution in [3.63, 3.8) is 0 Å². The van der Waals surface area contributed by atoms with Crippen molar-refractivity contribution in [1.82, 2.24) is 14.9 Å². The van der Waals surface area contributed by atoms with Crippen molar-refractivity contribution in [2.24, 2.45) is 12.8 Å². The first kappa shape index (κ1) is 19.4. The molecule has 0 aliphatic heterocycles. The van der Waals surface area contributed by atoms with Gasteiger partial charge in [-0.1, -0.05) is 30.3 Å². The third kappa shape index (κ3) is 3.85. The van der Waals surface area contributed by atoms with Crippen molar-refractivity contribution in [2.45, 2.75) is 24.2 Å². The summed E-state index contributed by atoms with van der Waals surface area (Å²) in [6, 6.07) is 6.47. The van der Waals surface area contributed by atoms with Gasteiger partial charge in [-0.3, -0.25) is 9.59 Å². The number of hydrogen-bond acceptors (Lipinski definition) is 4. The van der Waals surface area contributed by atoms with E-state index in [1.807, 2.05) is 0 Å². The van der Waals surface area contributed by atoms with Gasteiger partial charge in [-0.05, 0) is 5.56 Å². The Kier molecular flexibility index (Phi) is 5.36. The van der Waals surface area contributed by atoms with Gasteiger partial charge in [0, 0.05) is 19.4 Å². The molecular weight excluding hydrogens is 353 g/mol. The van der Waals surface area contributed by atoms with Crippen LogP contribution in [0.3, 0.4) is 0 Å². The molecule has 140 valence electrons. The fourth-order valence-electron chi connectivity index (χ4n) is 2.48. The number of carbonyl (C=O) groups is 2. The Balaban J connectivity index is 2.28. The Labute approximate surface area is 146 Å². The van der Waals surface area contributed by atoms with Gasteiger partial charge in [0.15, 0.2) is 5.82 Å². The van der Waals surface area contributed by atoms with Crippen LogP contribution in [0.25, 0.3) is 0 Å². The maximum Gasteiger partial charge on any atom is 0.425 e. The number of hydrogen-bond donors (Lipinski definition) is 3. The molecule has 2 amide bonds. The van der Waals surface area contributed by atoms with E-state index in [1.54, 1.807) is 18.2 Å². The zero-order chi connectivity index (χ0) is 19.5. The number of nitrogens with zero attached hydrogens (tertiary/aromatic N) is 2. The second kappa shape index (κ2) is 7.16. The number of aromatic nitrogens is 2. The first-order valence-corrected chi connectivity index (χ1v) is 7.47. The number of aryl methyl sites for hydroxylation is 1. The second-order valence-corrected chi connectivity index (χ2v) is 5.71. The summed E-state index contributed by atoms with van der Waals surface area (Å²) in [5.74, 6) is -2.90. The number of benzene rings is 1. The molecule has 0 saturated heterocycles. The molecule has 4 N–H and O–H groups in total. The van der Waals surface area contributed by atoms with Crippen LogP contribution in [-0.4, -0.2) is 32.6 Å². The van der Waals surface area contributed by atoms with Crippen molar-refractivity contribution in [1.29, 1.82) is 0 Å². The maximum absolute atomic E-state index is 13.5. The fraction of sp³-hybridized carbons (Fsp3) is 0.312. The maximum atomic E-state index is 13.5. The van der Waals surface area contributed by atoms with E-state index in [2.05, 4.69) is 10.3 Å². The third-order valence-electron chi connectivity index (χ3n) is 3.80. The summed E-state index contributed by atoms with van der Waals surface area (Å²) in [5, 5.41) is 12.3. The molecule has 1 aromatic carbocycles. The molecule has 10 heteroatoms. The van der Waals surface area contributed by atoms with Crippen molar-refractivity contribution < 1.29 is 27.9 Å². The monoisotopic (exact) mass is 370 g/mol. The Morgan fingerprint density at radius 1 is 1.31 bits per heavy atom. The van der Waals surface area contributed by atoms with E-state index >= 15 is 0 Å². The predicted octanol–water partition coefficient (Wildman–Crippen LogP) is 0.903. The van der Waals surface area contributed by atoms with E-state index in [0.29, 0.717) is 5.56 Å². The van der Waals surface area contributed by atoms with Crippen LogP contribution in [-0.2, 0) is 22.2 Å². The molecule has 26 heavy (non-hydrogen) atoms. The minimum Gasteiger partial charge on any atom is -0.374 e. The summed E-state index contributed by atoms with van der Waals surface area (Å²) in [4.78, 5) is 27.3. The van der Waals surface area contributed by atoms with Gasteiger partial charge in [-0.15, -0.1) is 0 Å². The van der Waals surface area contributed by atoms with Gasteiger partial charge in [-0.25, -0.2) is 4.98 Å². The van der Waals surface area contributed by atoms with Gasteiger partial charge in [0.1, 0.15) is 6.04 Å². The van der Waals surface area contributed by atoms with Gasteiger partial charge in [-0.2, -0.15) is 13.2 Å². The number of imidazole rings is 1. The van der Waals surface area contributed by atoms with Crippen LogP contribution >= 0.6 is 0 Å². The highest BCUT2D eigenvalue weighted by atomic mass is 19.4. The molecular formula is C16H17F3N4O3. The van der Waals surface area contributed by atoms with E-state index in [4.69, 9.17) is 5.73 Å². The quantitative estimate of drug-likeness (QED) is 0.702. The van der Waals surface area contributed by atoms with Crippen LogP contribution < -0.4 is 11.1 Å². The smallest absolute Gasteiger partial charge is 0.374 e. The van der Waals surface area contributed by atoms with Crippen molar-refractivity contribution >= 4 is 11.8 Å². The van der Waals surface area contributed by atoms with Crippen LogP contribution in [0, 0.1) is 0 Å². The lowest BCUT2D eigenvalue weighted by Gasteiger charge is -2.29. The fourth-order valence-corrected chi connectivity index (χ4v) is 2.48. The summed E-state index contributed by atoms with van der Waals surface area (Å²) in [7, 11) is 1.26. The zero-order valence-corrected chi connectivity index (χ0v) is 13.7. The van der Waals surface area contributed by atoms with Crippen molar-refractivity contribution in [3.05, 3.63) is 54.1 Å². The zero-order valence-electron chi connectivity index (χ0n) is 13.7. The number of alkyl halides is 3. The van der Waals surface area contributed by atoms with Crippen LogP contribution in [0.1, 0.15) is 23.9 Å². The van der Waals surface area contributed by atoms with Crippen molar-refractivity contribution in [3.8, 4) is 0 Å². The lowest BCUT2D eigenvalue weighted by atomic mass is 9.96. The summed E-state index contributed by atoms with van der Waals surface area (Å²) < 4.78 is 41.3. The van der Waals surface area contributed by atoms with E-state index < -0.39 is 41.9 Å². The van der Waals surface area contributed by atoms with Gasteiger partial charge >= 0.3 is 6.18 Å². The molecule has 0 aliphatic carbocycles. The molecule has 0 spiro atoms. The first-order valence-electron chi connectivity index (χ1n) is 7.47. The van der Waals surface area contributed by atoms with Crippen LogP contribution in [0.4, 0.5) is 13.2 Å². The lowest BCUT2D eigenvalue weighted by Crippen LogP contribution is -2.49. The number of nitrogens with two attached hydrogens (primary N) is 1. The second-order valence-electron chi connectivity index (χ2n) is 5.71. The van der Waals surface area contributed by atoms with E-state index in [0.717, 1.165) is 10.8 Å². The molecule has 0 saturated carbocycles. The SMILES string of the molecule is Cn1ccnc1C(O)(CC(=O)NC(C(N)=O)c1ccccc1)C(F)(F)F. The lowest BCUT2D eigenvalue weighted by molar-refractivity contribution is -0.271. The average Bonchev–Trinajstić information content (AvgIpc) is 2.98. The van der Waals surface area contributed by atoms with Crippen LogP contribution in [0.15, 0.2) is 42.7 Å². The number of amides is 2. The summed E-state index contributed by atoms with van der Waals surface area (Å²) in [5.41, 5.74) is 2.02. The Hall–Kier alpha value is -2.88. The largest absolute Gasteiger partial charge is 0.425 e. The summed E-state index contributed by atoms with van der Waals surface area (Å²) in [6.07, 6.45) is -4.27. The highest BCUT2D eigenvalue weighted by molar-refractivity contribution is 5.88. The molecule has 0 radical (unpaired) electrons. The number of halogens is 3. The molecule has 1 aromatic heterocycles. The van der Waals surface area contributed by atoms with Gasteiger partial charge < -0.3 is 20.7 Å². The summed E-state index contributed by atoms with van der Waals surface area (Å²) in [6.45, 7) is 0. The molecule has 0 fully saturated rings. The summed E-state index contributed by atoms with van der Waals surface area (Å²) >= 11 is 0. The molecule has 7 nitrogen and oxygen atoms in total. The Bertz CT molecular complexity index is 792. The molecule has 2 atom stereocenters. The minimum absolute atomic E-state index is 0.306. The molecule has 0 aliphatic rings. The standard InChI is InChI=1S/C16H17F3N4O3/c1-23-8-7-21-14(23)15(26,16(17,18)19)9-11(24)22-12(13(20)25)10-5-3-2-4-6-10/h2-8,12,26H,9H2,1H3,(H2,20,25)(H,22,24).